The molecule has 0 saturated carbocycles. The molecule has 19 heavy (non-hydrogen) atoms. The van der Waals surface area contributed by atoms with E-state index in [1.165, 1.54) is 0 Å². The lowest BCUT2D eigenvalue weighted by Gasteiger charge is -2.17. The first kappa shape index (κ1) is 14.7. The van der Waals surface area contributed by atoms with Crippen LogP contribution in [0.3, 0.4) is 0 Å². The maximum absolute atomic E-state index is 12.2. The van der Waals surface area contributed by atoms with Gasteiger partial charge in [-0.25, -0.2) is 0 Å². The van der Waals surface area contributed by atoms with Gasteiger partial charge in [-0.15, -0.1) is 0 Å². The Kier molecular flexibility index (Phi) is 4.80. The average Bonchev–Trinajstić information content (AvgIpc) is 2.41. The van der Waals surface area contributed by atoms with Crippen molar-refractivity contribution in [1.29, 1.82) is 0 Å². The molecular weight excluding hydrogens is 323 g/mol. The lowest BCUT2D eigenvalue weighted by atomic mass is 10.1. The maximum Gasteiger partial charge on any atom is 0.230 e. The fourth-order valence-corrected chi connectivity index (χ4v) is 3.11. The molecule has 98 valence electrons. The van der Waals surface area contributed by atoms with Gasteiger partial charge in [-0.1, -0.05) is 76.9 Å². The van der Waals surface area contributed by atoms with Gasteiger partial charge < -0.3 is 0 Å². The van der Waals surface area contributed by atoms with Crippen LogP contribution < -0.4 is 0 Å². The second-order valence-electron chi connectivity index (χ2n) is 3.77. The van der Waals surface area contributed by atoms with Crippen LogP contribution in [0.1, 0.15) is 10.4 Å². The van der Waals surface area contributed by atoms with Crippen LogP contribution in [0.15, 0.2) is 59.5 Å². The highest BCUT2D eigenvalue weighted by atomic mass is 35.5. The summed E-state index contributed by atoms with van der Waals surface area (Å²) < 4.78 is -1.56. The molecule has 0 bridgehead atoms. The van der Waals surface area contributed by atoms with Gasteiger partial charge in [-0.2, -0.15) is 0 Å². The molecule has 0 N–H and O–H groups in total. The van der Waals surface area contributed by atoms with Crippen molar-refractivity contribution in [3.8, 4) is 0 Å². The summed E-state index contributed by atoms with van der Waals surface area (Å²) in [5, 5.41) is 0.619. The Morgan fingerprint density at radius 3 is 2.11 bits per heavy atom. The molecule has 2 aromatic carbocycles. The van der Waals surface area contributed by atoms with Crippen LogP contribution in [0.2, 0.25) is 5.02 Å². The van der Waals surface area contributed by atoms with Gasteiger partial charge in [0.25, 0.3) is 0 Å². The molecule has 0 unspecified atom stereocenters. The van der Waals surface area contributed by atoms with Crippen LogP contribution in [0.5, 0.6) is 0 Å². The van der Waals surface area contributed by atoms with Gasteiger partial charge in [-0.05, 0) is 24.3 Å². The van der Waals surface area contributed by atoms with E-state index in [1.807, 2.05) is 6.07 Å². The zero-order valence-corrected chi connectivity index (χ0v) is 12.7. The lowest BCUT2D eigenvalue weighted by Crippen LogP contribution is -2.21. The predicted molar refractivity (Wildman–Crippen MR) is 82.5 cm³/mol. The molecule has 0 atom stereocenters. The second-order valence-corrected chi connectivity index (χ2v) is 7.27. The summed E-state index contributed by atoms with van der Waals surface area (Å²) in [5.41, 5.74) is 0.481. The van der Waals surface area contributed by atoms with Gasteiger partial charge in [0.2, 0.25) is 9.45 Å². The molecule has 5 heteroatoms. The number of hydrogen-bond acceptors (Lipinski definition) is 2. The van der Waals surface area contributed by atoms with E-state index >= 15 is 0 Å². The third-order valence-corrected chi connectivity index (χ3v) is 4.37. The minimum Gasteiger partial charge on any atom is -0.290 e. The zero-order chi connectivity index (χ0) is 13.9. The minimum absolute atomic E-state index is 0.337. The molecule has 0 aromatic heterocycles. The SMILES string of the molecule is O=C(c1ccccc1)C(Cl)(Cl)Sc1ccc(Cl)cc1. The predicted octanol–water partition coefficient (Wildman–Crippen LogP) is 5.45. The fourth-order valence-electron chi connectivity index (χ4n) is 1.45. The van der Waals surface area contributed by atoms with E-state index in [-0.39, 0.29) is 5.78 Å². The molecule has 0 aliphatic heterocycles. The standard InChI is InChI=1S/C14H9Cl3OS/c15-11-6-8-12(9-7-11)19-14(16,17)13(18)10-4-2-1-3-5-10/h1-9H. The summed E-state index contributed by atoms with van der Waals surface area (Å²) in [6, 6.07) is 15.7. The number of alkyl halides is 2. The van der Waals surface area contributed by atoms with Gasteiger partial charge in [0.05, 0.1) is 0 Å². The van der Waals surface area contributed by atoms with E-state index in [0.717, 1.165) is 16.7 Å². The average molecular weight is 332 g/mol. The smallest absolute Gasteiger partial charge is 0.230 e. The Morgan fingerprint density at radius 1 is 0.947 bits per heavy atom. The van der Waals surface area contributed by atoms with Gasteiger partial charge in [0, 0.05) is 15.5 Å². The van der Waals surface area contributed by atoms with E-state index in [2.05, 4.69) is 0 Å². The normalized spacial score (nSPS) is 11.3. The van der Waals surface area contributed by atoms with Gasteiger partial charge in [0.1, 0.15) is 0 Å². The highest BCUT2D eigenvalue weighted by molar-refractivity contribution is 8.04. The van der Waals surface area contributed by atoms with Crippen molar-refractivity contribution in [3.63, 3.8) is 0 Å². The number of halogens is 3. The number of carbonyl (C=O) groups excluding carboxylic acids is 1. The first-order chi connectivity index (χ1) is 8.99. The van der Waals surface area contributed by atoms with Gasteiger partial charge >= 0.3 is 0 Å². The second kappa shape index (κ2) is 6.19. The highest BCUT2D eigenvalue weighted by Crippen LogP contribution is 2.42. The van der Waals surface area contributed by atoms with Crippen LogP contribution in [-0.4, -0.2) is 9.45 Å². The first-order valence-corrected chi connectivity index (χ1v) is 7.36. The Labute approximate surface area is 130 Å². The molecular formula is C14H9Cl3OS. The van der Waals surface area contributed by atoms with Crippen LogP contribution >= 0.6 is 46.6 Å². The number of ketones is 1. The molecule has 0 spiro atoms. The first-order valence-electron chi connectivity index (χ1n) is 5.41. The monoisotopic (exact) mass is 330 g/mol. The van der Waals surface area contributed by atoms with E-state index in [4.69, 9.17) is 34.8 Å². The number of benzene rings is 2. The van der Waals surface area contributed by atoms with Crippen molar-refractivity contribution < 1.29 is 4.79 Å². The third kappa shape index (κ3) is 3.90. The highest BCUT2D eigenvalue weighted by Gasteiger charge is 2.35. The summed E-state index contributed by atoms with van der Waals surface area (Å²) in [7, 11) is 0. The zero-order valence-electron chi connectivity index (χ0n) is 9.65. The molecule has 0 radical (unpaired) electrons. The molecule has 0 aliphatic carbocycles. The topological polar surface area (TPSA) is 17.1 Å². The van der Waals surface area contributed by atoms with Crippen molar-refractivity contribution in [1.82, 2.24) is 0 Å². The van der Waals surface area contributed by atoms with Crippen LogP contribution in [0.4, 0.5) is 0 Å². The van der Waals surface area contributed by atoms with Crippen molar-refractivity contribution in [2.45, 2.75) is 8.56 Å². The maximum atomic E-state index is 12.2. The number of hydrogen-bond donors (Lipinski definition) is 0. The largest absolute Gasteiger partial charge is 0.290 e. The Balaban J connectivity index is 2.18. The van der Waals surface area contributed by atoms with E-state index in [1.54, 1.807) is 48.5 Å². The van der Waals surface area contributed by atoms with Crippen molar-refractivity contribution in [3.05, 3.63) is 65.2 Å². The number of carbonyl (C=O) groups is 1. The fraction of sp³-hybridized carbons (Fsp3) is 0.0714. The quantitative estimate of drug-likeness (QED) is 0.421. The Hall–Kier alpha value is -0.670. The molecule has 0 fully saturated rings. The summed E-state index contributed by atoms with van der Waals surface area (Å²) in [6.45, 7) is 0. The van der Waals surface area contributed by atoms with E-state index in [9.17, 15) is 4.79 Å². The van der Waals surface area contributed by atoms with Crippen LogP contribution in [-0.2, 0) is 0 Å². The number of thioether (sulfide) groups is 1. The summed E-state index contributed by atoms with van der Waals surface area (Å²) in [6.07, 6.45) is 0. The molecule has 0 amide bonds. The number of Topliss-reactive ketones (excluding diaryl/α,β-unsaturated/α-hetero) is 1. The molecule has 0 aliphatic rings. The van der Waals surface area contributed by atoms with Gasteiger partial charge in [0.15, 0.2) is 0 Å². The molecule has 2 rings (SSSR count). The number of rotatable bonds is 4. The van der Waals surface area contributed by atoms with Crippen molar-refractivity contribution in [2.75, 3.05) is 0 Å². The van der Waals surface area contributed by atoms with Crippen LogP contribution in [0.25, 0.3) is 0 Å². The van der Waals surface area contributed by atoms with E-state index < -0.39 is 3.67 Å². The van der Waals surface area contributed by atoms with Crippen molar-refractivity contribution >= 4 is 52.3 Å². The lowest BCUT2D eigenvalue weighted by molar-refractivity contribution is 0.0998. The van der Waals surface area contributed by atoms with Crippen LogP contribution in [0, 0.1) is 0 Å². The molecule has 1 nitrogen and oxygen atoms in total. The molecule has 0 heterocycles. The summed E-state index contributed by atoms with van der Waals surface area (Å²) >= 11 is 19.2. The van der Waals surface area contributed by atoms with Crippen molar-refractivity contribution in [2.24, 2.45) is 0 Å². The molecule has 0 saturated heterocycles. The minimum atomic E-state index is -1.56. The summed E-state index contributed by atoms with van der Waals surface area (Å²) in [4.78, 5) is 13.0. The molecule has 2 aromatic rings. The van der Waals surface area contributed by atoms with E-state index in [0.29, 0.717) is 10.6 Å². The summed E-state index contributed by atoms with van der Waals surface area (Å²) in [5.74, 6) is -0.337. The van der Waals surface area contributed by atoms with Gasteiger partial charge in [-0.3, -0.25) is 4.79 Å². The Bertz CT molecular complexity index is 567. The third-order valence-electron chi connectivity index (χ3n) is 2.36. The Morgan fingerprint density at radius 2 is 1.53 bits per heavy atom.